The van der Waals surface area contributed by atoms with E-state index in [0.717, 1.165) is 38.1 Å². The molecule has 0 aromatic carbocycles. The normalized spacial score (nSPS) is 11.3. The molecule has 4 aromatic rings. The first-order valence-electron chi connectivity index (χ1n) is 9.12. The van der Waals surface area contributed by atoms with Crippen molar-refractivity contribution in [2.75, 3.05) is 5.43 Å². The molecule has 150 valence electrons. The van der Waals surface area contributed by atoms with Gasteiger partial charge in [-0.3, -0.25) is 15.0 Å². The van der Waals surface area contributed by atoms with E-state index < -0.39 is 0 Å². The molecule has 0 fully saturated rings. The lowest BCUT2D eigenvalue weighted by atomic mass is 10.2. The average Bonchev–Trinajstić information content (AvgIpc) is 3.30. The van der Waals surface area contributed by atoms with Gasteiger partial charge in [0.25, 0.3) is 11.5 Å². The molecule has 0 aliphatic heterocycles. The van der Waals surface area contributed by atoms with Gasteiger partial charge in [0.2, 0.25) is 0 Å². The molecule has 0 saturated carbocycles. The summed E-state index contributed by atoms with van der Waals surface area (Å²) in [6.45, 7) is 9.87. The molecule has 0 radical (unpaired) electrons. The standard InChI is InChI=1S/C20H21N5O2S2/c1-10-6-15(16-8-28-14(5)22-16)12(3)24(10)7-17(26)23-25-9-21-19-18(20(25)27)11(2)13(4)29-19/h6,8-9H,7H2,1-5H3,(H,23,26). The number of aromatic nitrogens is 4. The van der Waals surface area contributed by atoms with Crippen molar-refractivity contribution in [3.63, 3.8) is 0 Å². The molecule has 29 heavy (non-hydrogen) atoms. The van der Waals surface area contributed by atoms with Gasteiger partial charge in [-0.2, -0.15) is 0 Å². The summed E-state index contributed by atoms with van der Waals surface area (Å²) in [5.74, 6) is -0.291. The number of nitrogens with one attached hydrogen (secondary N) is 1. The predicted molar refractivity (Wildman–Crippen MR) is 117 cm³/mol. The Morgan fingerprint density at radius 2 is 1.97 bits per heavy atom. The van der Waals surface area contributed by atoms with Crippen LogP contribution in [-0.2, 0) is 11.3 Å². The van der Waals surface area contributed by atoms with Gasteiger partial charge in [0.05, 0.1) is 16.1 Å². The third-order valence-corrected chi connectivity index (χ3v) is 6.99. The molecule has 9 heteroatoms. The van der Waals surface area contributed by atoms with Crippen LogP contribution in [0.4, 0.5) is 0 Å². The zero-order chi connectivity index (χ0) is 20.9. The van der Waals surface area contributed by atoms with Crippen LogP contribution in [0.15, 0.2) is 22.6 Å². The highest BCUT2D eigenvalue weighted by atomic mass is 32.1. The average molecular weight is 428 g/mol. The molecular weight excluding hydrogens is 406 g/mol. The number of carbonyl (C=O) groups excluding carboxylic acids is 1. The van der Waals surface area contributed by atoms with E-state index in [4.69, 9.17) is 0 Å². The van der Waals surface area contributed by atoms with Crippen molar-refractivity contribution in [3.05, 3.63) is 55.0 Å². The second-order valence-corrected chi connectivity index (χ2v) is 9.31. The van der Waals surface area contributed by atoms with Gasteiger partial charge in [-0.1, -0.05) is 0 Å². The molecule has 0 bridgehead atoms. The van der Waals surface area contributed by atoms with E-state index in [1.165, 1.54) is 22.3 Å². The van der Waals surface area contributed by atoms with Crippen molar-refractivity contribution in [3.8, 4) is 11.3 Å². The number of thiophene rings is 1. The van der Waals surface area contributed by atoms with Gasteiger partial charge in [0, 0.05) is 27.2 Å². The maximum atomic E-state index is 12.8. The van der Waals surface area contributed by atoms with Crippen molar-refractivity contribution in [1.82, 2.24) is 19.2 Å². The number of amides is 1. The van der Waals surface area contributed by atoms with Gasteiger partial charge >= 0.3 is 0 Å². The minimum atomic E-state index is -0.291. The number of thiazole rings is 1. The van der Waals surface area contributed by atoms with Crippen LogP contribution < -0.4 is 11.0 Å². The van der Waals surface area contributed by atoms with Crippen LogP contribution in [0.3, 0.4) is 0 Å². The smallest absolute Gasteiger partial charge is 0.281 e. The van der Waals surface area contributed by atoms with Gasteiger partial charge in [0.15, 0.2) is 0 Å². The van der Waals surface area contributed by atoms with Crippen LogP contribution in [0.5, 0.6) is 0 Å². The number of nitrogens with zero attached hydrogens (tertiary/aromatic N) is 4. The Morgan fingerprint density at radius 1 is 1.21 bits per heavy atom. The highest BCUT2D eigenvalue weighted by molar-refractivity contribution is 7.18. The molecule has 1 amide bonds. The maximum absolute atomic E-state index is 12.8. The molecule has 4 heterocycles. The van der Waals surface area contributed by atoms with E-state index in [0.29, 0.717) is 10.2 Å². The van der Waals surface area contributed by atoms with E-state index in [1.807, 2.05) is 50.6 Å². The Labute approximate surface area is 175 Å². The van der Waals surface area contributed by atoms with Crippen molar-refractivity contribution >= 4 is 38.8 Å². The summed E-state index contributed by atoms with van der Waals surface area (Å²) >= 11 is 3.08. The monoisotopic (exact) mass is 427 g/mol. The molecule has 0 spiro atoms. The lowest BCUT2D eigenvalue weighted by Crippen LogP contribution is -2.35. The molecule has 4 aromatic heterocycles. The largest absolute Gasteiger partial charge is 0.339 e. The van der Waals surface area contributed by atoms with Crippen molar-refractivity contribution in [1.29, 1.82) is 0 Å². The zero-order valence-corrected chi connectivity index (χ0v) is 18.5. The minimum Gasteiger partial charge on any atom is -0.339 e. The van der Waals surface area contributed by atoms with E-state index in [9.17, 15) is 9.59 Å². The van der Waals surface area contributed by atoms with Crippen LogP contribution in [0.1, 0.15) is 26.8 Å². The number of rotatable bonds is 4. The van der Waals surface area contributed by atoms with Crippen LogP contribution in [0, 0.1) is 34.6 Å². The summed E-state index contributed by atoms with van der Waals surface area (Å²) < 4.78 is 3.10. The van der Waals surface area contributed by atoms with Gasteiger partial charge in [-0.25, -0.2) is 14.6 Å². The highest BCUT2D eigenvalue weighted by Crippen LogP contribution is 2.28. The van der Waals surface area contributed by atoms with Crippen LogP contribution in [0.25, 0.3) is 21.5 Å². The van der Waals surface area contributed by atoms with E-state index in [1.54, 1.807) is 11.3 Å². The Morgan fingerprint density at radius 3 is 2.66 bits per heavy atom. The third-order valence-electron chi connectivity index (χ3n) is 5.11. The van der Waals surface area contributed by atoms with Crippen LogP contribution >= 0.6 is 22.7 Å². The SMILES string of the molecule is Cc1nc(-c2cc(C)n(CC(=O)Nn3cnc4sc(C)c(C)c4c3=O)c2C)cs1. The third kappa shape index (κ3) is 3.40. The Balaban J connectivity index is 1.60. The molecule has 0 saturated heterocycles. The van der Waals surface area contributed by atoms with Crippen molar-refractivity contribution in [2.45, 2.75) is 41.2 Å². The second-order valence-electron chi connectivity index (χ2n) is 7.04. The first-order valence-corrected chi connectivity index (χ1v) is 10.8. The fraction of sp³-hybridized carbons (Fsp3) is 0.300. The number of carbonyl (C=O) groups is 1. The lowest BCUT2D eigenvalue weighted by Gasteiger charge is -2.11. The Kier molecular flexibility index (Phi) is 4.87. The lowest BCUT2D eigenvalue weighted by molar-refractivity contribution is -0.117. The van der Waals surface area contributed by atoms with Crippen molar-refractivity contribution < 1.29 is 4.79 Å². The van der Waals surface area contributed by atoms with Crippen LogP contribution in [-0.4, -0.2) is 25.1 Å². The van der Waals surface area contributed by atoms with Gasteiger partial charge < -0.3 is 4.57 Å². The Hall–Kier alpha value is -2.78. The molecular formula is C20H21N5O2S2. The minimum absolute atomic E-state index is 0.104. The zero-order valence-electron chi connectivity index (χ0n) is 16.9. The molecule has 0 unspecified atom stereocenters. The summed E-state index contributed by atoms with van der Waals surface area (Å²) in [5, 5.41) is 3.58. The van der Waals surface area contributed by atoms with Gasteiger partial charge in [-0.05, 0) is 46.2 Å². The number of hydrogen-bond acceptors (Lipinski definition) is 6. The number of hydrogen-bond donors (Lipinski definition) is 1. The molecule has 0 atom stereocenters. The fourth-order valence-corrected chi connectivity index (χ4v) is 5.02. The Bertz CT molecular complexity index is 1310. The molecule has 7 nitrogen and oxygen atoms in total. The summed E-state index contributed by atoms with van der Waals surface area (Å²) in [6.07, 6.45) is 1.37. The first kappa shape index (κ1) is 19.5. The number of fused-ring (bicyclic) bond motifs is 1. The topological polar surface area (TPSA) is 81.8 Å². The molecule has 4 rings (SSSR count). The van der Waals surface area contributed by atoms with E-state index >= 15 is 0 Å². The summed E-state index contributed by atoms with van der Waals surface area (Å²) in [6, 6.07) is 2.04. The second kappa shape index (κ2) is 7.23. The summed E-state index contributed by atoms with van der Waals surface area (Å²) in [4.78, 5) is 36.1. The molecule has 0 aliphatic rings. The summed E-state index contributed by atoms with van der Waals surface area (Å²) in [7, 11) is 0. The quantitative estimate of drug-likeness (QED) is 0.538. The first-order chi connectivity index (χ1) is 13.8. The fourth-order valence-electron chi connectivity index (χ4n) is 3.42. The highest BCUT2D eigenvalue weighted by Gasteiger charge is 2.17. The number of aryl methyl sites for hydroxylation is 4. The van der Waals surface area contributed by atoms with Gasteiger partial charge in [-0.15, -0.1) is 22.7 Å². The van der Waals surface area contributed by atoms with Crippen molar-refractivity contribution in [2.24, 2.45) is 0 Å². The summed E-state index contributed by atoms with van der Waals surface area (Å²) in [5.41, 5.74) is 7.18. The maximum Gasteiger partial charge on any atom is 0.281 e. The van der Waals surface area contributed by atoms with E-state index in [-0.39, 0.29) is 18.0 Å². The molecule has 0 aliphatic carbocycles. The van der Waals surface area contributed by atoms with Crippen LogP contribution in [0.2, 0.25) is 0 Å². The predicted octanol–water partition coefficient (Wildman–Crippen LogP) is 3.70. The molecule has 1 N–H and O–H groups in total. The van der Waals surface area contributed by atoms with Gasteiger partial charge in [0.1, 0.15) is 17.7 Å². The van der Waals surface area contributed by atoms with E-state index in [2.05, 4.69) is 15.4 Å².